The van der Waals surface area contributed by atoms with E-state index in [2.05, 4.69) is 20.0 Å². The van der Waals surface area contributed by atoms with E-state index in [9.17, 15) is 14.9 Å². The van der Waals surface area contributed by atoms with E-state index in [1.807, 2.05) is 0 Å². The lowest BCUT2D eigenvalue weighted by molar-refractivity contribution is -0.383. The number of hydrogen-bond donors (Lipinski definition) is 2. The molecule has 0 atom stereocenters. The monoisotopic (exact) mass is 275 g/mol. The van der Waals surface area contributed by atoms with Crippen molar-refractivity contribution >= 4 is 34.9 Å². The van der Waals surface area contributed by atoms with Gasteiger partial charge in [-0.25, -0.2) is 0 Å². The summed E-state index contributed by atoms with van der Waals surface area (Å²) in [4.78, 5) is 28.0. The Hall–Kier alpha value is -2.16. The second kappa shape index (κ2) is 5.96. The van der Waals surface area contributed by atoms with Crippen molar-refractivity contribution in [1.29, 1.82) is 0 Å². The van der Waals surface area contributed by atoms with Crippen molar-refractivity contribution in [1.82, 2.24) is 9.97 Å². The van der Waals surface area contributed by atoms with Crippen LogP contribution in [0.2, 0.25) is 5.28 Å². The van der Waals surface area contributed by atoms with Gasteiger partial charge in [0, 0.05) is 6.54 Å². The van der Waals surface area contributed by atoms with Gasteiger partial charge in [0.25, 0.3) is 0 Å². The van der Waals surface area contributed by atoms with Crippen LogP contribution in [-0.4, -0.2) is 34.5 Å². The lowest BCUT2D eigenvalue weighted by Gasteiger charge is -2.06. The molecule has 0 radical (unpaired) electrons. The molecule has 1 aromatic heterocycles. The maximum Gasteiger partial charge on any atom is 0.353 e. The van der Waals surface area contributed by atoms with Gasteiger partial charge in [0.05, 0.1) is 18.5 Å². The van der Waals surface area contributed by atoms with E-state index in [0.29, 0.717) is 0 Å². The highest BCUT2D eigenvalue weighted by Gasteiger charge is 2.22. The van der Waals surface area contributed by atoms with Gasteiger partial charge in [-0.3, -0.25) is 14.9 Å². The van der Waals surface area contributed by atoms with E-state index in [1.165, 1.54) is 7.11 Å². The molecule has 0 amide bonds. The van der Waals surface area contributed by atoms with Crippen molar-refractivity contribution < 1.29 is 14.5 Å². The summed E-state index contributed by atoms with van der Waals surface area (Å²) in [6, 6.07) is 0. The lowest BCUT2D eigenvalue weighted by atomic mass is 10.4. The Kier molecular flexibility index (Phi) is 4.60. The van der Waals surface area contributed by atoms with Gasteiger partial charge in [-0.15, -0.1) is 0 Å². The minimum atomic E-state index is -0.730. The number of halogens is 1. The molecule has 0 bridgehead atoms. The van der Waals surface area contributed by atoms with Crippen LogP contribution in [0.3, 0.4) is 0 Å². The molecule has 1 heterocycles. The normalized spacial score (nSPS) is 9.89. The zero-order valence-electron chi connectivity index (χ0n) is 9.34. The molecular weight excluding hydrogens is 266 g/mol. The third-order valence-electron chi connectivity index (χ3n) is 1.92. The third-order valence-corrected chi connectivity index (χ3v) is 2.08. The average molecular weight is 276 g/mol. The van der Waals surface area contributed by atoms with Gasteiger partial charge < -0.3 is 15.8 Å². The molecule has 1 rings (SSSR count). The molecule has 98 valence electrons. The number of nitro groups is 1. The molecule has 0 fully saturated rings. The van der Waals surface area contributed by atoms with Gasteiger partial charge in [0.2, 0.25) is 16.9 Å². The number of carbonyl (C=O) groups is 1. The topological polar surface area (TPSA) is 133 Å². The molecule has 0 aromatic carbocycles. The smallest absolute Gasteiger partial charge is 0.353 e. The van der Waals surface area contributed by atoms with E-state index in [4.69, 9.17) is 17.3 Å². The van der Waals surface area contributed by atoms with Crippen molar-refractivity contribution in [2.45, 2.75) is 6.42 Å². The molecule has 3 N–H and O–H groups in total. The number of hydrogen-bond acceptors (Lipinski definition) is 8. The quantitative estimate of drug-likeness (QED) is 0.345. The van der Waals surface area contributed by atoms with Crippen LogP contribution in [0.25, 0.3) is 0 Å². The molecule has 10 heteroatoms. The van der Waals surface area contributed by atoms with Crippen molar-refractivity contribution in [3.8, 4) is 0 Å². The van der Waals surface area contributed by atoms with Crippen molar-refractivity contribution in [2.75, 3.05) is 24.7 Å². The SMILES string of the molecule is COC(=O)CCNc1nc(Cl)nc(N)c1[N+](=O)[O-]. The minimum absolute atomic E-state index is 0.0230. The molecule has 0 aliphatic rings. The Morgan fingerprint density at radius 3 is 2.83 bits per heavy atom. The van der Waals surface area contributed by atoms with Gasteiger partial charge in [-0.1, -0.05) is 0 Å². The average Bonchev–Trinajstić information content (AvgIpc) is 2.27. The number of anilines is 2. The summed E-state index contributed by atoms with van der Waals surface area (Å²) in [6.45, 7) is 0.0975. The maximum absolute atomic E-state index is 10.9. The van der Waals surface area contributed by atoms with E-state index in [1.54, 1.807) is 0 Å². The summed E-state index contributed by atoms with van der Waals surface area (Å²) in [5, 5.41) is 13.1. The first-order valence-corrected chi connectivity index (χ1v) is 5.11. The number of nitrogen functional groups attached to an aromatic ring is 1. The minimum Gasteiger partial charge on any atom is -0.469 e. The van der Waals surface area contributed by atoms with E-state index < -0.39 is 16.6 Å². The number of nitrogens with two attached hydrogens (primary N) is 1. The number of aromatic nitrogens is 2. The van der Waals surface area contributed by atoms with Crippen LogP contribution in [0.5, 0.6) is 0 Å². The summed E-state index contributed by atoms with van der Waals surface area (Å²) < 4.78 is 4.42. The zero-order chi connectivity index (χ0) is 13.7. The van der Waals surface area contributed by atoms with Crippen LogP contribution in [-0.2, 0) is 9.53 Å². The van der Waals surface area contributed by atoms with Crippen LogP contribution in [0, 0.1) is 10.1 Å². The Morgan fingerprint density at radius 2 is 2.28 bits per heavy atom. The van der Waals surface area contributed by atoms with Crippen molar-refractivity contribution in [3.63, 3.8) is 0 Å². The highest BCUT2D eigenvalue weighted by Crippen LogP contribution is 2.28. The second-order valence-electron chi connectivity index (χ2n) is 3.09. The van der Waals surface area contributed by atoms with Crippen LogP contribution in [0.1, 0.15) is 6.42 Å². The first-order chi connectivity index (χ1) is 8.45. The number of ether oxygens (including phenoxy) is 1. The predicted molar refractivity (Wildman–Crippen MR) is 63.2 cm³/mol. The number of nitrogens with one attached hydrogen (secondary N) is 1. The van der Waals surface area contributed by atoms with E-state index >= 15 is 0 Å². The fraction of sp³-hybridized carbons (Fsp3) is 0.375. The molecule has 0 aliphatic heterocycles. The molecule has 0 unspecified atom stereocenters. The Bertz CT molecular complexity index is 481. The van der Waals surface area contributed by atoms with Crippen LogP contribution >= 0.6 is 11.6 Å². The Labute approximate surface area is 106 Å². The Balaban J connectivity index is 2.87. The standard InChI is InChI=1S/C8H10ClN5O4/c1-18-4(15)2-3-11-7-5(14(16)17)6(10)12-8(9)13-7/h2-3H2,1H3,(H3,10,11,12,13). The summed E-state index contributed by atoms with van der Waals surface area (Å²) in [5.41, 5.74) is 4.89. The second-order valence-corrected chi connectivity index (χ2v) is 3.42. The third kappa shape index (κ3) is 3.42. The fourth-order valence-electron chi connectivity index (χ4n) is 1.13. The summed E-state index contributed by atoms with van der Waals surface area (Å²) in [7, 11) is 1.24. The molecule has 9 nitrogen and oxygen atoms in total. The molecule has 18 heavy (non-hydrogen) atoms. The highest BCUT2D eigenvalue weighted by atomic mass is 35.5. The van der Waals surface area contributed by atoms with Crippen LogP contribution in [0.15, 0.2) is 0 Å². The van der Waals surface area contributed by atoms with E-state index in [-0.39, 0.29) is 29.9 Å². The Morgan fingerprint density at radius 1 is 1.61 bits per heavy atom. The fourth-order valence-corrected chi connectivity index (χ4v) is 1.31. The first kappa shape index (κ1) is 13.9. The molecule has 1 aromatic rings. The molecule has 0 saturated carbocycles. The molecule has 0 saturated heterocycles. The number of rotatable bonds is 5. The maximum atomic E-state index is 10.9. The van der Waals surface area contributed by atoms with Gasteiger partial charge in [0.1, 0.15) is 0 Å². The van der Waals surface area contributed by atoms with Gasteiger partial charge in [-0.05, 0) is 11.6 Å². The molecule has 0 aliphatic carbocycles. The van der Waals surface area contributed by atoms with Crippen LogP contribution in [0.4, 0.5) is 17.3 Å². The molecular formula is C8H10ClN5O4. The van der Waals surface area contributed by atoms with Crippen LogP contribution < -0.4 is 11.1 Å². The highest BCUT2D eigenvalue weighted by molar-refractivity contribution is 6.28. The lowest BCUT2D eigenvalue weighted by Crippen LogP contribution is -2.13. The number of carbonyl (C=O) groups excluding carboxylic acids is 1. The summed E-state index contributed by atoms with van der Waals surface area (Å²) in [6.07, 6.45) is 0.0230. The molecule has 0 spiro atoms. The van der Waals surface area contributed by atoms with Crippen molar-refractivity contribution in [2.24, 2.45) is 0 Å². The number of esters is 1. The first-order valence-electron chi connectivity index (χ1n) is 4.73. The number of methoxy groups -OCH3 is 1. The number of nitrogens with zero attached hydrogens (tertiary/aromatic N) is 3. The largest absolute Gasteiger partial charge is 0.469 e. The van der Waals surface area contributed by atoms with Crippen molar-refractivity contribution in [3.05, 3.63) is 15.4 Å². The van der Waals surface area contributed by atoms with E-state index in [0.717, 1.165) is 0 Å². The zero-order valence-corrected chi connectivity index (χ0v) is 10.1. The van der Waals surface area contributed by atoms with Gasteiger partial charge in [-0.2, -0.15) is 9.97 Å². The van der Waals surface area contributed by atoms with Gasteiger partial charge >= 0.3 is 11.7 Å². The van der Waals surface area contributed by atoms with Gasteiger partial charge in [0.15, 0.2) is 0 Å². The summed E-state index contributed by atoms with van der Waals surface area (Å²) in [5.74, 6) is -0.944. The summed E-state index contributed by atoms with van der Waals surface area (Å²) >= 11 is 5.54. The predicted octanol–water partition coefficient (Wildman–Crippen LogP) is 0.595.